The SMILES string of the molecule is C1=Cc2ccc(-c3ccc4c(c3)c3ncccc3n4-c3ccccn3)cc2C2(c3ccccc31)c1ccccc1-c1cc3ccccc3cc12. The summed E-state index contributed by atoms with van der Waals surface area (Å²) >= 11 is 0. The van der Waals surface area contributed by atoms with Gasteiger partial charge in [0, 0.05) is 17.8 Å². The molecular formula is C47H29N3. The Balaban J connectivity index is 1.21. The van der Waals surface area contributed by atoms with Gasteiger partial charge in [-0.1, -0.05) is 109 Å². The summed E-state index contributed by atoms with van der Waals surface area (Å²) in [6.07, 6.45) is 8.33. The molecule has 0 saturated carbocycles. The molecule has 0 radical (unpaired) electrons. The molecule has 2 aliphatic rings. The topological polar surface area (TPSA) is 30.7 Å². The lowest BCUT2D eigenvalue weighted by Crippen LogP contribution is -2.30. The first-order valence-electron chi connectivity index (χ1n) is 17.2. The zero-order chi connectivity index (χ0) is 32.8. The molecule has 3 aromatic heterocycles. The van der Waals surface area contributed by atoms with Gasteiger partial charge in [0.05, 0.1) is 22.0 Å². The van der Waals surface area contributed by atoms with Crippen LogP contribution in [0.1, 0.15) is 33.4 Å². The first kappa shape index (κ1) is 27.4. The second kappa shape index (κ2) is 10.2. The number of pyridine rings is 2. The minimum Gasteiger partial charge on any atom is -0.292 e. The first-order chi connectivity index (χ1) is 24.8. The molecule has 0 saturated heterocycles. The summed E-state index contributed by atoms with van der Waals surface area (Å²) in [5.41, 5.74) is 15.3. The van der Waals surface area contributed by atoms with Crippen molar-refractivity contribution in [1.29, 1.82) is 0 Å². The Morgan fingerprint density at radius 3 is 2.04 bits per heavy atom. The molecule has 0 fully saturated rings. The number of fused-ring (bicyclic) bond motifs is 13. The van der Waals surface area contributed by atoms with E-state index in [2.05, 4.69) is 150 Å². The standard InChI is InChI=1S/C47H29N3/c1-2-12-33-29-42-37(26-32(33)11-1)36-13-4-6-15-40(36)47(42)39-14-5-3-10-30(39)18-19-31-20-21-35(28-41(31)47)34-22-23-43-38(27-34)46-44(16-9-25-49-46)50(43)45-17-7-8-24-48-45/h1-29H. The molecule has 0 bridgehead atoms. The van der Waals surface area contributed by atoms with Crippen molar-refractivity contribution in [2.24, 2.45) is 0 Å². The van der Waals surface area contributed by atoms with E-state index in [1.807, 2.05) is 30.6 Å². The summed E-state index contributed by atoms with van der Waals surface area (Å²) in [5.74, 6) is 0.886. The fraction of sp³-hybridized carbons (Fsp3) is 0.0213. The van der Waals surface area contributed by atoms with Crippen molar-refractivity contribution in [3.05, 3.63) is 197 Å². The van der Waals surface area contributed by atoms with Crippen LogP contribution < -0.4 is 0 Å². The first-order valence-corrected chi connectivity index (χ1v) is 17.2. The molecule has 1 atom stereocenters. The molecule has 0 amide bonds. The Labute approximate surface area is 289 Å². The molecule has 11 rings (SSSR count). The summed E-state index contributed by atoms with van der Waals surface area (Å²) in [4.78, 5) is 9.58. The smallest absolute Gasteiger partial charge is 0.137 e. The van der Waals surface area contributed by atoms with Crippen LogP contribution in [0, 0.1) is 0 Å². The molecule has 50 heavy (non-hydrogen) atoms. The lowest BCUT2D eigenvalue weighted by molar-refractivity contribution is 0.768. The van der Waals surface area contributed by atoms with Crippen molar-refractivity contribution in [1.82, 2.24) is 14.5 Å². The van der Waals surface area contributed by atoms with Gasteiger partial charge in [-0.25, -0.2) is 4.98 Å². The van der Waals surface area contributed by atoms with Crippen LogP contribution in [0.5, 0.6) is 0 Å². The van der Waals surface area contributed by atoms with E-state index in [1.54, 1.807) is 0 Å². The Morgan fingerprint density at radius 2 is 1.16 bits per heavy atom. The Hall–Kier alpha value is -6.58. The molecule has 6 aromatic carbocycles. The zero-order valence-corrected chi connectivity index (χ0v) is 27.1. The highest BCUT2D eigenvalue weighted by Crippen LogP contribution is 2.59. The average molecular weight is 636 g/mol. The van der Waals surface area contributed by atoms with Gasteiger partial charge in [-0.05, 0) is 121 Å². The van der Waals surface area contributed by atoms with E-state index in [0.29, 0.717) is 0 Å². The van der Waals surface area contributed by atoms with E-state index >= 15 is 0 Å². The largest absolute Gasteiger partial charge is 0.292 e. The maximum absolute atomic E-state index is 4.87. The number of aromatic nitrogens is 3. The highest BCUT2D eigenvalue weighted by Gasteiger charge is 2.48. The average Bonchev–Trinajstić information content (AvgIpc) is 3.60. The summed E-state index contributed by atoms with van der Waals surface area (Å²) in [7, 11) is 0. The van der Waals surface area contributed by atoms with Crippen molar-refractivity contribution >= 4 is 44.9 Å². The van der Waals surface area contributed by atoms with Crippen molar-refractivity contribution in [3.63, 3.8) is 0 Å². The number of hydrogen-bond donors (Lipinski definition) is 0. The number of hydrogen-bond acceptors (Lipinski definition) is 2. The molecule has 0 N–H and O–H groups in total. The van der Waals surface area contributed by atoms with E-state index < -0.39 is 5.41 Å². The maximum atomic E-state index is 4.87. The monoisotopic (exact) mass is 635 g/mol. The Bertz CT molecular complexity index is 2880. The van der Waals surface area contributed by atoms with Gasteiger partial charge in [0.15, 0.2) is 0 Å². The third-order valence-corrected chi connectivity index (χ3v) is 10.9. The lowest BCUT2D eigenvalue weighted by Gasteiger charge is -2.35. The second-order valence-electron chi connectivity index (χ2n) is 13.4. The molecule has 2 aliphatic carbocycles. The van der Waals surface area contributed by atoms with Crippen LogP contribution in [-0.2, 0) is 5.41 Å². The van der Waals surface area contributed by atoms with E-state index in [9.17, 15) is 0 Å². The zero-order valence-electron chi connectivity index (χ0n) is 27.1. The summed E-state index contributed by atoms with van der Waals surface area (Å²) in [6, 6.07) is 55.6. The fourth-order valence-corrected chi connectivity index (χ4v) is 8.81. The van der Waals surface area contributed by atoms with Crippen LogP contribution in [0.2, 0.25) is 0 Å². The van der Waals surface area contributed by atoms with Crippen molar-refractivity contribution in [2.45, 2.75) is 5.41 Å². The van der Waals surface area contributed by atoms with Gasteiger partial charge < -0.3 is 0 Å². The maximum Gasteiger partial charge on any atom is 0.137 e. The number of nitrogens with zero attached hydrogens (tertiary/aromatic N) is 3. The van der Waals surface area contributed by atoms with Gasteiger partial charge in [-0.3, -0.25) is 9.55 Å². The number of benzene rings is 6. The molecular weight excluding hydrogens is 607 g/mol. The van der Waals surface area contributed by atoms with Gasteiger partial charge in [0.25, 0.3) is 0 Å². The minimum atomic E-state index is -0.498. The molecule has 1 unspecified atom stereocenters. The van der Waals surface area contributed by atoms with Gasteiger partial charge in [0.2, 0.25) is 0 Å². The predicted octanol–water partition coefficient (Wildman–Crippen LogP) is 11.2. The van der Waals surface area contributed by atoms with Gasteiger partial charge in [0.1, 0.15) is 5.82 Å². The molecule has 1 spiro atoms. The van der Waals surface area contributed by atoms with E-state index in [4.69, 9.17) is 9.97 Å². The molecule has 0 aliphatic heterocycles. The fourth-order valence-electron chi connectivity index (χ4n) is 8.81. The van der Waals surface area contributed by atoms with Crippen molar-refractivity contribution < 1.29 is 0 Å². The molecule has 3 heteroatoms. The summed E-state index contributed by atoms with van der Waals surface area (Å²) < 4.78 is 2.21. The van der Waals surface area contributed by atoms with Crippen LogP contribution in [0.3, 0.4) is 0 Å². The van der Waals surface area contributed by atoms with Crippen LogP contribution in [0.15, 0.2) is 164 Å². The van der Waals surface area contributed by atoms with Gasteiger partial charge in [-0.2, -0.15) is 0 Å². The van der Waals surface area contributed by atoms with Gasteiger partial charge >= 0.3 is 0 Å². The Kier molecular flexibility index (Phi) is 5.59. The molecule has 9 aromatic rings. The van der Waals surface area contributed by atoms with Crippen LogP contribution >= 0.6 is 0 Å². The van der Waals surface area contributed by atoms with Crippen LogP contribution in [-0.4, -0.2) is 14.5 Å². The third kappa shape index (κ3) is 3.64. The highest BCUT2D eigenvalue weighted by molar-refractivity contribution is 6.08. The third-order valence-electron chi connectivity index (χ3n) is 10.9. The summed E-state index contributed by atoms with van der Waals surface area (Å²) in [6.45, 7) is 0. The van der Waals surface area contributed by atoms with Crippen LogP contribution in [0.4, 0.5) is 0 Å². The summed E-state index contributed by atoms with van der Waals surface area (Å²) in [5, 5.41) is 3.63. The lowest BCUT2D eigenvalue weighted by atomic mass is 9.65. The predicted molar refractivity (Wildman–Crippen MR) is 206 cm³/mol. The van der Waals surface area contributed by atoms with Crippen molar-refractivity contribution in [2.75, 3.05) is 0 Å². The van der Waals surface area contributed by atoms with Crippen molar-refractivity contribution in [3.8, 4) is 28.1 Å². The highest BCUT2D eigenvalue weighted by atomic mass is 15.1. The van der Waals surface area contributed by atoms with Crippen LogP contribution in [0.25, 0.3) is 72.9 Å². The molecule has 3 heterocycles. The Morgan fingerprint density at radius 1 is 0.440 bits per heavy atom. The van der Waals surface area contributed by atoms with Gasteiger partial charge in [-0.15, -0.1) is 0 Å². The second-order valence-corrected chi connectivity index (χ2v) is 13.4. The quantitative estimate of drug-likeness (QED) is 0.189. The van der Waals surface area contributed by atoms with E-state index in [-0.39, 0.29) is 0 Å². The number of rotatable bonds is 2. The normalized spacial score (nSPS) is 15.6. The minimum absolute atomic E-state index is 0.498. The molecule has 3 nitrogen and oxygen atoms in total. The van der Waals surface area contributed by atoms with E-state index in [1.165, 1.54) is 60.8 Å². The molecule has 232 valence electrons. The van der Waals surface area contributed by atoms with E-state index in [0.717, 1.165) is 33.3 Å².